The minimum Gasteiger partial charge on any atom is -0.444 e. The van der Waals surface area contributed by atoms with Crippen molar-refractivity contribution in [3.63, 3.8) is 0 Å². The first-order valence-electron chi connectivity index (χ1n) is 8.97. The summed E-state index contributed by atoms with van der Waals surface area (Å²) in [7, 11) is 0. The Hall–Kier alpha value is -2.67. The highest BCUT2D eigenvalue weighted by Crippen LogP contribution is 2.37. The fourth-order valence-electron chi connectivity index (χ4n) is 2.92. The first-order chi connectivity index (χ1) is 12.7. The van der Waals surface area contributed by atoms with Crippen molar-refractivity contribution in [3.05, 3.63) is 47.8 Å². The van der Waals surface area contributed by atoms with E-state index < -0.39 is 17.4 Å². The average Bonchev–Trinajstić information content (AvgIpc) is 3.16. The molecule has 7 nitrogen and oxygen atoms in total. The van der Waals surface area contributed by atoms with Crippen molar-refractivity contribution >= 4 is 18.4 Å². The molecule has 0 aliphatic carbocycles. The largest absolute Gasteiger partial charge is 0.444 e. The van der Waals surface area contributed by atoms with Gasteiger partial charge in [0.2, 0.25) is 0 Å². The summed E-state index contributed by atoms with van der Waals surface area (Å²) in [5, 5.41) is 8.37. The molecule has 3 rings (SSSR count). The van der Waals surface area contributed by atoms with Gasteiger partial charge in [0.1, 0.15) is 23.1 Å². The van der Waals surface area contributed by atoms with Crippen LogP contribution in [0.4, 0.5) is 4.79 Å². The molecule has 1 aliphatic rings. The lowest BCUT2D eigenvalue weighted by Gasteiger charge is -2.34. The number of aromatic nitrogens is 3. The molecule has 0 radical (unpaired) electrons. The van der Waals surface area contributed by atoms with Crippen molar-refractivity contribution in [3.8, 4) is 0 Å². The van der Waals surface area contributed by atoms with Crippen molar-refractivity contribution < 1.29 is 14.3 Å². The van der Waals surface area contributed by atoms with Crippen LogP contribution in [0.2, 0.25) is 0 Å². The summed E-state index contributed by atoms with van der Waals surface area (Å²) in [5.74, 6) is 0. The molecule has 1 aliphatic heterocycles. The second-order valence-corrected chi connectivity index (χ2v) is 7.97. The van der Waals surface area contributed by atoms with Gasteiger partial charge in [-0.3, -0.25) is 4.90 Å². The summed E-state index contributed by atoms with van der Waals surface area (Å²) >= 11 is 0. The molecular weight excluding hydrogens is 344 g/mol. The van der Waals surface area contributed by atoms with E-state index in [0.717, 1.165) is 5.56 Å². The molecule has 27 heavy (non-hydrogen) atoms. The number of amides is 1. The van der Waals surface area contributed by atoms with E-state index in [9.17, 15) is 4.79 Å². The second kappa shape index (κ2) is 7.15. The monoisotopic (exact) mass is 370 g/mol. The van der Waals surface area contributed by atoms with Gasteiger partial charge in [-0.1, -0.05) is 35.5 Å². The minimum absolute atomic E-state index is 0.341. The molecule has 1 aromatic heterocycles. The van der Waals surface area contributed by atoms with Gasteiger partial charge in [-0.2, -0.15) is 0 Å². The van der Waals surface area contributed by atoms with E-state index in [1.807, 2.05) is 77.2 Å². The van der Waals surface area contributed by atoms with Gasteiger partial charge in [-0.15, -0.1) is 5.10 Å². The van der Waals surface area contributed by atoms with Crippen molar-refractivity contribution in [2.45, 2.75) is 52.0 Å². The smallest absolute Gasteiger partial charge is 0.413 e. The topological polar surface area (TPSA) is 69.5 Å². The number of ether oxygens (including phenoxy) is 2. The van der Waals surface area contributed by atoms with Crippen molar-refractivity contribution in [1.82, 2.24) is 19.9 Å². The van der Waals surface area contributed by atoms with Crippen LogP contribution >= 0.6 is 0 Å². The Morgan fingerprint density at radius 1 is 1.30 bits per heavy atom. The molecule has 7 heteroatoms. The maximum Gasteiger partial charge on any atom is 0.413 e. The SMILES string of the molecule is CC(C)(C)OC(=O)N1C(c2cn(/C=C/c3ccccc3)nn2)COC1(C)C. The molecule has 2 aromatic rings. The zero-order chi connectivity index (χ0) is 19.7. The van der Waals surface area contributed by atoms with Crippen LogP contribution in [0.15, 0.2) is 36.5 Å². The van der Waals surface area contributed by atoms with Crippen LogP contribution < -0.4 is 0 Å². The zero-order valence-electron chi connectivity index (χ0n) is 16.4. The number of rotatable bonds is 3. The Kier molecular flexibility index (Phi) is 5.06. The maximum absolute atomic E-state index is 12.7. The number of hydrogen-bond acceptors (Lipinski definition) is 5. The fraction of sp³-hybridized carbons (Fsp3) is 0.450. The molecule has 1 unspecified atom stereocenters. The van der Waals surface area contributed by atoms with Gasteiger partial charge in [-0.25, -0.2) is 9.48 Å². The van der Waals surface area contributed by atoms with Crippen LogP contribution in [0.1, 0.15) is 51.9 Å². The third kappa shape index (κ3) is 4.54. The Balaban J connectivity index is 1.79. The van der Waals surface area contributed by atoms with Gasteiger partial charge in [0.25, 0.3) is 0 Å². The van der Waals surface area contributed by atoms with Gasteiger partial charge < -0.3 is 9.47 Å². The highest BCUT2D eigenvalue weighted by atomic mass is 16.6. The Morgan fingerprint density at radius 2 is 2.00 bits per heavy atom. The molecule has 1 saturated heterocycles. The third-order valence-electron chi connectivity index (χ3n) is 4.17. The molecular formula is C20H26N4O3. The molecule has 0 N–H and O–H groups in total. The van der Waals surface area contributed by atoms with E-state index in [2.05, 4.69) is 10.3 Å². The predicted molar refractivity (Wildman–Crippen MR) is 103 cm³/mol. The van der Waals surface area contributed by atoms with E-state index in [1.165, 1.54) is 0 Å². The maximum atomic E-state index is 12.7. The Labute approximate surface area is 159 Å². The van der Waals surface area contributed by atoms with Gasteiger partial charge >= 0.3 is 6.09 Å². The predicted octanol–water partition coefficient (Wildman–Crippen LogP) is 3.95. The van der Waals surface area contributed by atoms with Crippen LogP contribution in [0.3, 0.4) is 0 Å². The molecule has 0 bridgehead atoms. The van der Waals surface area contributed by atoms with Gasteiger partial charge in [0.15, 0.2) is 0 Å². The first-order valence-corrected chi connectivity index (χ1v) is 8.97. The number of carbonyl (C=O) groups excluding carboxylic acids is 1. The number of benzene rings is 1. The summed E-state index contributed by atoms with van der Waals surface area (Å²) in [6.45, 7) is 9.55. The van der Waals surface area contributed by atoms with Crippen LogP contribution in [0.5, 0.6) is 0 Å². The van der Waals surface area contributed by atoms with Gasteiger partial charge in [0, 0.05) is 6.20 Å². The fourth-order valence-corrected chi connectivity index (χ4v) is 2.92. The van der Waals surface area contributed by atoms with E-state index in [-0.39, 0.29) is 6.04 Å². The summed E-state index contributed by atoms with van der Waals surface area (Å²) in [4.78, 5) is 14.3. The third-order valence-corrected chi connectivity index (χ3v) is 4.17. The van der Waals surface area contributed by atoms with Crippen molar-refractivity contribution in [1.29, 1.82) is 0 Å². The normalized spacial score (nSPS) is 19.6. The number of carbonyl (C=O) groups is 1. The summed E-state index contributed by atoms with van der Waals surface area (Å²) < 4.78 is 13.0. The molecule has 0 spiro atoms. The van der Waals surface area contributed by atoms with Crippen molar-refractivity contribution in [2.24, 2.45) is 0 Å². The number of nitrogens with zero attached hydrogens (tertiary/aromatic N) is 4. The Bertz CT molecular complexity index is 821. The average molecular weight is 370 g/mol. The van der Waals surface area contributed by atoms with E-state index >= 15 is 0 Å². The molecule has 1 fully saturated rings. The molecule has 1 aromatic carbocycles. The summed E-state index contributed by atoms with van der Waals surface area (Å²) in [6, 6.07) is 9.58. The molecule has 1 amide bonds. The quantitative estimate of drug-likeness (QED) is 0.818. The van der Waals surface area contributed by atoms with Gasteiger partial charge in [0.05, 0.1) is 12.8 Å². The molecule has 144 valence electrons. The second-order valence-electron chi connectivity index (χ2n) is 7.97. The van der Waals surface area contributed by atoms with Crippen LogP contribution in [-0.4, -0.2) is 43.9 Å². The minimum atomic E-state index is -0.781. The lowest BCUT2D eigenvalue weighted by molar-refractivity contribution is -0.0627. The van der Waals surface area contributed by atoms with Crippen LogP contribution in [0.25, 0.3) is 12.3 Å². The summed E-state index contributed by atoms with van der Waals surface area (Å²) in [6.07, 6.45) is 5.14. The summed E-state index contributed by atoms with van der Waals surface area (Å²) in [5.41, 5.74) is 0.354. The van der Waals surface area contributed by atoms with E-state index in [4.69, 9.17) is 9.47 Å². The highest BCUT2D eigenvalue weighted by molar-refractivity contribution is 5.70. The molecule has 1 atom stereocenters. The van der Waals surface area contributed by atoms with E-state index in [0.29, 0.717) is 12.3 Å². The number of hydrogen-bond donors (Lipinski definition) is 0. The van der Waals surface area contributed by atoms with Crippen molar-refractivity contribution in [2.75, 3.05) is 6.61 Å². The first kappa shape index (κ1) is 19.1. The molecule has 2 heterocycles. The zero-order valence-corrected chi connectivity index (χ0v) is 16.4. The lowest BCUT2D eigenvalue weighted by Crippen LogP contribution is -2.47. The van der Waals surface area contributed by atoms with Crippen LogP contribution in [-0.2, 0) is 9.47 Å². The lowest BCUT2D eigenvalue weighted by atomic mass is 10.1. The molecule has 0 saturated carbocycles. The van der Waals surface area contributed by atoms with Crippen LogP contribution in [0, 0.1) is 0 Å². The highest BCUT2D eigenvalue weighted by Gasteiger charge is 2.47. The Morgan fingerprint density at radius 3 is 2.67 bits per heavy atom. The van der Waals surface area contributed by atoms with E-state index in [1.54, 1.807) is 15.8 Å². The standard InChI is InChI=1S/C20H26N4O3/c1-19(2,3)27-18(25)24-17(14-26-20(24,4)5)16-13-23(22-21-16)12-11-15-9-7-6-8-10-15/h6-13,17H,14H2,1-5H3/b12-11+. The van der Waals surface area contributed by atoms with Gasteiger partial charge in [-0.05, 0) is 46.3 Å².